The van der Waals surface area contributed by atoms with Crippen LogP contribution in [0.3, 0.4) is 0 Å². The molecule has 1 aliphatic rings. The molecule has 13 heavy (non-hydrogen) atoms. The van der Waals surface area contributed by atoms with Crippen LogP contribution in [0.25, 0.3) is 12.2 Å². The third kappa shape index (κ3) is 1.20. The second kappa shape index (κ2) is 2.82. The maximum atomic E-state index is 4.49. The molecule has 1 aromatic heterocycles. The standard InChI is InChI=1S/C11H13N2/c1-8(2)13-11-7-5-4-6-10(11)9(3)12-13/h4,6-8H,1-3H3/q+1. The van der Waals surface area contributed by atoms with Gasteiger partial charge in [-0.15, -0.1) is 0 Å². The summed E-state index contributed by atoms with van der Waals surface area (Å²) in [4.78, 5) is 0. The molecular formula is C11H13N2+. The lowest BCUT2D eigenvalue weighted by atomic mass is 10.1. The van der Waals surface area contributed by atoms with Crippen LogP contribution in [0, 0.1) is 13.0 Å². The number of allylic oxidation sites excluding steroid dienone is 2. The molecule has 1 aromatic rings. The molecule has 66 valence electrons. The summed E-state index contributed by atoms with van der Waals surface area (Å²) < 4.78 is 2.04. The fourth-order valence-corrected chi connectivity index (χ4v) is 1.58. The summed E-state index contributed by atoms with van der Waals surface area (Å²) in [7, 11) is 0. The van der Waals surface area contributed by atoms with Gasteiger partial charge in [-0.25, -0.2) is 4.68 Å². The van der Waals surface area contributed by atoms with E-state index in [1.54, 1.807) is 0 Å². The van der Waals surface area contributed by atoms with Crippen molar-refractivity contribution >= 4 is 12.2 Å². The van der Waals surface area contributed by atoms with Crippen LogP contribution >= 0.6 is 0 Å². The van der Waals surface area contributed by atoms with Crippen molar-refractivity contribution in [1.29, 1.82) is 0 Å². The van der Waals surface area contributed by atoms with Gasteiger partial charge in [0.2, 0.25) is 0 Å². The molecule has 0 amide bonds. The molecule has 0 radical (unpaired) electrons. The van der Waals surface area contributed by atoms with E-state index in [1.165, 1.54) is 11.3 Å². The van der Waals surface area contributed by atoms with Gasteiger partial charge in [-0.05, 0) is 20.8 Å². The van der Waals surface area contributed by atoms with Crippen LogP contribution in [0.2, 0.25) is 0 Å². The van der Waals surface area contributed by atoms with Gasteiger partial charge in [-0.2, -0.15) is 5.10 Å². The summed E-state index contributed by atoms with van der Waals surface area (Å²) in [6.07, 6.45) is 9.08. The lowest BCUT2D eigenvalue weighted by Gasteiger charge is -2.03. The number of hydrogen-bond donors (Lipinski definition) is 0. The van der Waals surface area contributed by atoms with Crippen molar-refractivity contribution in [2.45, 2.75) is 26.8 Å². The molecular weight excluding hydrogens is 160 g/mol. The Labute approximate surface area is 78.6 Å². The highest BCUT2D eigenvalue weighted by atomic mass is 15.3. The van der Waals surface area contributed by atoms with Crippen LogP contribution in [0.15, 0.2) is 6.08 Å². The van der Waals surface area contributed by atoms with E-state index in [9.17, 15) is 0 Å². The Bertz CT molecular complexity index is 381. The van der Waals surface area contributed by atoms with Gasteiger partial charge in [-0.1, -0.05) is 0 Å². The first-order valence-electron chi connectivity index (χ1n) is 4.55. The second-order valence-electron chi connectivity index (χ2n) is 3.57. The Morgan fingerprint density at radius 1 is 1.46 bits per heavy atom. The van der Waals surface area contributed by atoms with Crippen LogP contribution in [-0.2, 0) is 0 Å². The molecule has 0 unspecified atom stereocenters. The summed E-state index contributed by atoms with van der Waals surface area (Å²) in [5.74, 6) is 0. The van der Waals surface area contributed by atoms with Crippen LogP contribution < -0.4 is 0 Å². The zero-order chi connectivity index (χ0) is 9.42. The van der Waals surface area contributed by atoms with E-state index in [-0.39, 0.29) is 0 Å². The largest absolute Gasteiger partial charge is 0.207 e. The van der Waals surface area contributed by atoms with Crippen molar-refractivity contribution in [3.8, 4) is 0 Å². The minimum absolute atomic E-state index is 0.409. The van der Waals surface area contributed by atoms with E-state index < -0.39 is 0 Å². The van der Waals surface area contributed by atoms with Crippen molar-refractivity contribution in [1.82, 2.24) is 9.78 Å². The Balaban J connectivity index is 2.62. The Morgan fingerprint density at radius 2 is 2.23 bits per heavy atom. The normalized spacial score (nSPS) is 13.2. The van der Waals surface area contributed by atoms with E-state index in [0.717, 1.165) is 5.69 Å². The van der Waals surface area contributed by atoms with Gasteiger partial charge in [0.1, 0.15) is 17.7 Å². The van der Waals surface area contributed by atoms with Crippen molar-refractivity contribution < 1.29 is 0 Å². The number of rotatable bonds is 1. The van der Waals surface area contributed by atoms with Gasteiger partial charge in [0.15, 0.2) is 5.69 Å². The molecule has 1 aliphatic carbocycles. The average Bonchev–Trinajstić information content (AvgIpc) is 2.45. The van der Waals surface area contributed by atoms with Gasteiger partial charge in [0.05, 0.1) is 17.8 Å². The molecule has 0 aliphatic heterocycles. The lowest BCUT2D eigenvalue weighted by Crippen LogP contribution is -2.05. The molecule has 2 rings (SSSR count). The van der Waals surface area contributed by atoms with E-state index >= 15 is 0 Å². The second-order valence-corrected chi connectivity index (χ2v) is 3.57. The molecule has 0 saturated carbocycles. The fraction of sp³-hybridized carbons (Fsp3) is 0.364. The number of aromatic nitrogens is 2. The van der Waals surface area contributed by atoms with Crippen LogP contribution in [-0.4, -0.2) is 9.78 Å². The smallest absolute Gasteiger partial charge is 0.181 e. The van der Waals surface area contributed by atoms with Crippen LogP contribution in [0.1, 0.15) is 36.8 Å². The first kappa shape index (κ1) is 8.21. The van der Waals surface area contributed by atoms with E-state index in [0.29, 0.717) is 6.04 Å². The summed E-state index contributed by atoms with van der Waals surface area (Å²) in [6, 6.07) is 0.409. The molecule has 2 heteroatoms. The third-order valence-electron chi connectivity index (χ3n) is 2.23. The molecule has 0 atom stereocenters. The summed E-state index contributed by atoms with van der Waals surface area (Å²) in [6.45, 7) is 6.32. The number of fused-ring (bicyclic) bond motifs is 1. The van der Waals surface area contributed by atoms with Crippen LogP contribution in [0.5, 0.6) is 0 Å². The van der Waals surface area contributed by atoms with Gasteiger partial charge in [0.25, 0.3) is 0 Å². The zero-order valence-corrected chi connectivity index (χ0v) is 8.20. The Hall–Kier alpha value is -1.40. The number of hydrogen-bond acceptors (Lipinski definition) is 1. The van der Waals surface area contributed by atoms with Gasteiger partial charge in [-0.3, -0.25) is 0 Å². The molecule has 0 N–H and O–H groups in total. The predicted octanol–water partition coefficient (Wildman–Crippen LogP) is 2.62. The van der Waals surface area contributed by atoms with E-state index in [2.05, 4.69) is 31.1 Å². The van der Waals surface area contributed by atoms with Crippen LogP contribution in [0.4, 0.5) is 0 Å². The maximum Gasteiger partial charge on any atom is 0.181 e. The molecule has 0 saturated heterocycles. The molecule has 0 spiro atoms. The summed E-state index contributed by atoms with van der Waals surface area (Å²) >= 11 is 0. The van der Waals surface area contributed by atoms with Gasteiger partial charge < -0.3 is 0 Å². The minimum atomic E-state index is 0.409. The van der Waals surface area contributed by atoms with Gasteiger partial charge in [0, 0.05) is 6.08 Å². The summed E-state index contributed by atoms with van der Waals surface area (Å²) in [5.41, 5.74) is 3.50. The quantitative estimate of drug-likeness (QED) is 0.597. The van der Waals surface area contributed by atoms with Crippen molar-refractivity contribution in [3.05, 3.63) is 29.1 Å². The first-order chi connectivity index (χ1) is 6.20. The Morgan fingerprint density at radius 3 is 2.92 bits per heavy atom. The van der Waals surface area contributed by atoms with Crippen molar-refractivity contribution in [2.24, 2.45) is 0 Å². The SMILES string of the molecule is Cc1nn(C(C)C)c2c1C=C[C+]=C2. The highest BCUT2D eigenvalue weighted by molar-refractivity contribution is 5.69. The maximum absolute atomic E-state index is 4.49. The van der Waals surface area contributed by atoms with E-state index in [1.807, 2.05) is 23.8 Å². The van der Waals surface area contributed by atoms with Gasteiger partial charge >= 0.3 is 0 Å². The monoisotopic (exact) mass is 173 g/mol. The fourth-order valence-electron chi connectivity index (χ4n) is 1.58. The lowest BCUT2D eigenvalue weighted by molar-refractivity contribution is 0.525. The third-order valence-corrected chi connectivity index (χ3v) is 2.23. The zero-order valence-electron chi connectivity index (χ0n) is 8.20. The highest BCUT2D eigenvalue weighted by Crippen LogP contribution is 2.23. The number of aryl methyl sites for hydroxylation is 1. The minimum Gasteiger partial charge on any atom is -0.207 e. The van der Waals surface area contributed by atoms with Crippen molar-refractivity contribution in [3.63, 3.8) is 0 Å². The molecule has 2 nitrogen and oxygen atoms in total. The first-order valence-corrected chi connectivity index (χ1v) is 4.55. The average molecular weight is 173 g/mol. The molecule has 0 bridgehead atoms. The molecule has 0 fully saturated rings. The Kier molecular flexibility index (Phi) is 1.78. The van der Waals surface area contributed by atoms with E-state index in [4.69, 9.17) is 0 Å². The topological polar surface area (TPSA) is 17.8 Å². The predicted molar refractivity (Wildman–Crippen MR) is 54.1 cm³/mol. The highest BCUT2D eigenvalue weighted by Gasteiger charge is 2.21. The summed E-state index contributed by atoms with van der Waals surface area (Å²) in [5, 5.41) is 4.49. The van der Waals surface area contributed by atoms with Crippen molar-refractivity contribution in [2.75, 3.05) is 0 Å². The molecule has 0 aromatic carbocycles. The molecule has 1 heterocycles. The number of nitrogens with zero attached hydrogens (tertiary/aromatic N) is 2.